The van der Waals surface area contributed by atoms with E-state index in [0.717, 1.165) is 12.0 Å². The lowest BCUT2D eigenvalue weighted by atomic mass is 9.75. The fraction of sp³-hybridized carbons (Fsp3) is 0.600. The van der Waals surface area contributed by atoms with Gasteiger partial charge in [-0.2, -0.15) is 0 Å². The van der Waals surface area contributed by atoms with Gasteiger partial charge in [0.25, 0.3) is 0 Å². The monoisotopic (exact) mass is 235 g/mol. The van der Waals surface area contributed by atoms with Crippen molar-refractivity contribution in [3.05, 3.63) is 35.1 Å². The highest BCUT2D eigenvalue weighted by Gasteiger charge is 2.39. The van der Waals surface area contributed by atoms with E-state index in [1.807, 2.05) is 13.0 Å². The minimum atomic E-state index is -0.174. The Balaban J connectivity index is 2.30. The van der Waals surface area contributed by atoms with Crippen LogP contribution in [0.4, 0.5) is 4.39 Å². The molecule has 1 aliphatic rings. The summed E-state index contributed by atoms with van der Waals surface area (Å²) in [6.07, 6.45) is 3.51. The summed E-state index contributed by atoms with van der Waals surface area (Å²) >= 11 is 0. The summed E-state index contributed by atoms with van der Waals surface area (Å²) in [5.74, 6) is 0.226. The summed E-state index contributed by atoms with van der Waals surface area (Å²) in [5.41, 5.74) is 8.30. The number of rotatable bonds is 2. The predicted octanol–water partition coefficient (Wildman–Crippen LogP) is 3.96. The third-order valence-electron chi connectivity index (χ3n) is 4.28. The minimum absolute atomic E-state index is 0.161. The van der Waals surface area contributed by atoms with Crippen LogP contribution in [-0.4, -0.2) is 0 Å². The molecule has 17 heavy (non-hydrogen) atoms. The van der Waals surface area contributed by atoms with Crippen LogP contribution in [0.15, 0.2) is 18.2 Å². The van der Waals surface area contributed by atoms with E-state index in [9.17, 15) is 4.39 Å². The van der Waals surface area contributed by atoms with Crippen molar-refractivity contribution >= 4 is 0 Å². The third-order valence-corrected chi connectivity index (χ3v) is 4.28. The van der Waals surface area contributed by atoms with Crippen molar-refractivity contribution in [2.75, 3.05) is 0 Å². The molecule has 0 aromatic heterocycles. The lowest BCUT2D eigenvalue weighted by Gasteiger charge is -2.32. The zero-order chi connectivity index (χ0) is 12.6. The van der Waals surface area contributed by atoms with Crippen LogP contribution in [0.5, 0.6) is 0 Å². The number of nitrogens with two attached hydrogens (primary N) is 1. The van der Waals surface area contributed by atoms with Gasteiger partial charge in [-0.3, -0.25) is 0 Å². The third kappa shape index (κ3) is 2.37. The van der Waals surface area contributed by atoms with Crippen LogP contribution in [0.2, 0.25) is 0 Å². The fourth-order valence-corrected chi connectivity index (χ4v) is 3.15. The molecule has 2 rings (SSSR count). The van der Waals surface area contributed by atoms with Gasteiger partial charge in [0.05, 0.1) is 0 Å². The van der Waals surface area contributed by atoms with Crippen molar-refractivity contribution in [3.63, 3.8) is 0 Å². The molecule has 1 nitrogen and oxygen atoms in total. The van der Waals surface area contributed by atoms with Gasteiger partial charge in [-0.1, -0.05) is 38.0 Å². The first-order chi connectivity index (χ1) is 7.92. The van der Waals surface area contributed by atoms with Gasteiger partial charge in [0.15, 0.2) is 0 Å². The van der Waals surface area contributed by atoms with E-state index < -0.39 is 0 Å². The standard InChI is InChI=1S/C15H22FN/c1-10-6-7-13(16)11(9-10)14(17)12-5-4-8-15(12,2)3/h6-7,9,12,14H,4-5,8,17H2,1-3H3. The largest absolute Gasteiger partial charge is 0.324 e. The molecule has 0 aliphatic heterocycles. The lowest BCUT2D eigenvalue weighted by Crippen LogP contribution is -2.30. The topological polar surface area (TPSA) is 26.0 Å². The van der Waals surface area contributed by atoms with E-state index in [2.05, 4.69) is 13.8 Å². The molecule has 1 aliphatic carbocycles. The van der Waals surface area contributed by atoms with Crippen molar-refractivity contribution in [2.24, 2.45) is 17.1 Å². The summed E-state index contributed by atoms with van der Waals surface area (Å²) in [5, 5.41) is 0. The van der Waals surface area contributed by atoms with E-state index in [4.69, 9.17) is 5.73 Å². The van der Waals surface area contributed by atoms with E-state index >= 15 is 0 Å². The highest BCUT2D eigenvalue weighted by molar-refractivity contribution is 5.27. The summed E-state index contributed by atoms with van der Waals surface area (Å²) in [4.78, 5) is 0. The molecule has 0 radical (unpaired) electrons. The molecule has 1 aromatic carbocycles. The number of benzene rings is 1. The first-order valence-electron chi connectivity index (χ1n) is 6.43. The number of aryl methyl sites for hydroxylation is 1. The van der Waals surface area contributed by atoms with Crippen LogP contribution in [0, 0.1) is 24.1 Å². The SMILES string of the molecule is Cc1ccc(F)c(C(N)C2CCCC2(C)C)c1. The summed E-state index contributed by atoms with van der Waals surface area (Å²) in [7, 11) is 0. The molecule has 1 fully saturated rings. The first-order valence-corrected chi connectivity index (χ1v) is 6.43. The van der Waals surface area contributed by atoms with Crippen LogP contribution in [-0.2, 0) is 0 Å². The summed E-state index contributed by atoms with van der Waals surface area (Å²) in [6.45, 7) is 6.48. The van der Waals surface area contributed by atoms with Gasteiger partial charge in [0, 0.05) is 11.6 Å². The molecule has 2 unspecified atom stereocenters. The number of halogens is 1. The molecule has 0 bridgehead atoms. The highest BCUT2D eigenvalue weighted by Crippen LogP contribution is 2.48. The Morgan fingerprint density at radius 2 is 2.12 bits per heavy atom. The van der Waals surface area contributed by atoms with Crippen LogP contribution in [0.3, 0.4) is 0 Å². The van der Waals surface area contributed by atoms with Crippen molar-refractivity contribution in [3.8, 4) is 0 Å². The molecule has 1 saturated carbocycles. The fourth-order valence-electron chi connectivity index (χ4n) is 3.15. The van der Waals surface area contributed by atoms with Crippen molar-refractivity contribution in [2.45, 2.75) is 46.1 Å². The molecular weight excluding hydrogens is 213 g/mol. The normalized spacial score (nSPS) is 24.9. The Bertz CT molecular complexity index is 411. The summed E-state index contributed by atoms with van der Waals surface area (Å²) < 4.78 is 13.8. The molecule has 0 amide bonds. The van der Waals surface area contributed by atoms with Gasteiger partial charge in [0.2, 0.25) is 0 Å². The Hall–Kier alpha value is -0.890. The van der Waals surface area contributed by atoms with Crippen LogP contribution in [0.1, 0.15) is 50.3 Å². The molecule has 2 atom stereocenters. The smallest absolute Gasteiger partial charge is 0.128 e. The van der Waals surface area contributed by atoms with Crippen molar-refractivity contribution < 1.29 is 4.39 Å². The molecule has 2 heteroatoms. The van der Waals surface area contributed by atoms with Gasteiger partial charge in [-0.15, -0.1) is 0 Å². The zero-order valence-electron chi connectivity index (χ0n) is 11.0. The minimum Gasteiger partial charge on any atom is -0.324 e. The second-order valence-electron chi connectivity index (χ2n) is 6.04. The van der Waals surface area contributed by atoms with Gasteiger partial charge >= 0.3 is 0 Å². The Morgan fingerprint density at radius 1 is 1.41 bits per heavy atom. The number of hydrogen-bond donors (Lipinski definition) is 1. The van der Waals surface area contributed by atoms with E-state index in [-0.39, 0.29) is 17.3 Å². The molecule has 2 N–H and O–H groups in total. The molecular formula is C15H22FN. The maximum Gasteiger partial charge on any atom is 0.128 e. The van der Waals surface area contributed by atoms with Crippen LogP contribution in [0.25, 0.3) is 0 Å². The van der Waals surface area contributed by atoms with Gasteiger partial charge < -0.3 is 5.73 Å². The zero-order valence-corrected chi connectivity index (χ0v) is 11.0. The molecule has 94 valence electrons. The van der Waals surface area contributed by atoms with E-state index in [0.29, 0.717) is 11.5 Å². The van der Waals surface area contributed by atoms with Gasteiger partial charge in [-0.25, -0.2) is 4.39 Å². The van der Waals surface area contributed by atoms with Crippen molar-refractivity contribution in [1.82, 2.24) is 0 Å². The average molecular weight is 235 g/mol. The Kier molecular flexibility index (Phi) is 3.26. The van der Waals surface area contributed by atoms with Crippen molar-refractivity contribution in [1.29, 1.82) is 0 Å². The highest BCUT2D eigenvalue weighted by atomic mass is 19.1. The number of hydrogen-bond acceptors (Lipinski definition) is 1. The summed E-state index contributed by atoms with van der Waals surface area (Å²) in [6, 6.07) is 5.05. The van der Waals surface area contributed by atoms with E-state index in [1.54, 1.807) is 6.07 Å². The second-order valence-corrected chi connectivity index (χ2v) is 6.04. The molecule has 0 saturated heterocycles. The molecule has 0 heterocycles. The Labute approximate surface area is 103 Å². The lowest BCUT2D eigenvalue weighted by molar-refractivity contribution is 0.219. The molecule has 0 spiro atoms. The quantitative estimate of drug-likeness (QED) is 0.825. The average Bonchev–Trinajstić information content (AvgIpc) is 2.61. The molecule has 1 aromatic rings. The second kappa shape index (κ2) is 4.41. The first kappa shape index (κ1) is 12.6. The van der Waals surface area contributed by atoms with Gasteiger partial charge in [-0.05, 0) is 37.2 Å². The van der Waals surface area contributed by atoms with E-state index in [1.165, 1.54) is 18.9 Å². The Morgan fingerprint density at radius 3 is 2.71 bits per heavy atom. The maximum atomic E-state index is 13.8. The van der Waals surface area contributed by atoms with Crippen LogP contribution < -0.4 is 5.73 Å². The van der Waals surface area contributed by atoms with Crippen LogP contribution >= 0.6 is 0 Å². The maximum absolute atomic E-state index is 13.8. The predicted molar refractivity (Wildman–Crippen MR) is 69.2 cm³/mol. The van der Waals surface area contributed by atoms with Gasteiger partial charge in [0.1, 0.15) is 5.82 Å².